The van der Waals surface area contributed by atoms with Gasteiger partial charge in [-0.05, 0) is 44.7 Å². The van der Waals surface area contributed by atoms with Crippen molar-refractivity contribution in [2.45, 2.75) is 110 Å². The van der Waals surface area contributed by atoms with Crippen molar-refractivity contribution >= 4 is 42.9 Å². The zero-order valence-electron chi connectivity index (χ0n) is 18.3. The maximum Gasteiger partial charge on any atom is 0.176 e. The number of aromatic nitrogens is 3. The van der Waals surface area contributed by atoms with Crippen LogP contribution in [0.15, 0.2) is 8.95 Å². The third-order valence-corrected chi connectivity index (χ3v) is 7.18. The van der Waals surface area contributed by atoms with E-state index in [1.807, 2.05) is 0 Å². The molecule has 2 aromatic rings. The van der Waals surface area contributed by atoms with Crippen molar-refractivity contribution in [2.75, 3.05) is 0 Å². The number of benzene rings is 1. The Balaban J connectivity index is 2.08. The van der Waals surface area contributed by atoms with Crippen LogP contribution in [0, 0.1) is 11.6 Å². The highest BCUT2D eigenvalue weighted by Crippen LogP contribution is 2.35. The van der Waals surface area contributed by atoms with E-state index in [0.717, 1.165) is 25.7 Å². The predicted molar refractivity (Wildman–Crippen MR) is 128 cm³/mol. The molecule has 1 aromatic heterocycles. The minimum atomic E-state index is -0.926. The second-order valence-corrected chi connectivity index (χ2v) is 9.83. The van der Waals surface area contributed by atoms with Crippen LogP contribution in [0.25, 0.3) is 11.0 Å². The van der Waals surface area contributed by atoms with Gasteiger partial charge in [0.25, 0.3) is 0 Å². The summed E-state index contributed by atoms with van der Waals surface area (Å²) < 4.78 is 28.3. The largest absolute Gasteiger partial charge is 0.202 e. The van der Waals surface area contributed by atoms with E-state index in [9.17, 15) is 8.78 Å². The van der Waals surface area contributed by atoms with Crippen molar-refractivity contribution in [1.82, 2.24) is 15.0 Å². The molecular formula is C23H35Br2F2N3. The van der Waals surface area contributed by atoms with Gasteiger partial charge in [0, 0.05) is 0 Å². The van der Waals surface area contributed by atoms with Gasteiger partial charge < -0.3 is 0 Å². The Morgan fingerprint density at radius 1 is 0.667 bits per heavy atom. The Morgan fingerprint density at radius 3 is 1.43 bits per heavy atom. The summed E-state index contributed by atoms with van der Waals surface area (Å²) in [7, 11) is 0. The summed E-state index contributed by atoms with van der Waals surface area (Å²) in [6.07, 6.45) is 16.9. The van der Waals surface area contributed by atoms with Gasteiger partial charge in [-0.3, -0.25) is 0 Å². The molecule has 0 atom stereocenters. The van der Waals surface area contributed by atoms with Gasteiger partial charge in [0.15, 0.2) is 11.6 Å². The maximum absolute atomic E-state index is 14.1. The summed E-state index contributed by atoms with van der Waals surface area (Å²) >= 11 is 6.30. The average Bonchev–Trinajstić information content (AvgIpc) is 3.19. The SMILES string of the molecule is CCCCCCCCC(CCCCCCCC)n1nc2c(Br)c(F)c(F)c(Br)c2n1. The highest BCUT2D eigenvalue weighted by molar-refractivity contribution is 9.11. The molecule has 0 bridgehead atoms. The number of nitrogens with zero attached hydrogens (tertiary/aromatic N) is 3. The summed E-state index contributed by atoms with van der Waals surface area (Å²) in [5, 5.41) is 9.11. The van der Waals surface area contributed by atoms with Crippen LogP contribution in [-0.2, 0) is 0 Å². The van der Waals surface area contributed by atoms with Crippen molar-refractivity contribution in [3.05, 3.63) is 20.6 Å². The van der Waals surface area contributed by atoms with Crippen LogP contribution in [0.5, 0.6) is 0 Å². The molecule has 1 aromatic carbocycles. The normalized spacial score (nSPS) is 11.8. The van der Waals surface area contributed by atoms with Gasteiger partial charge >= 0.3 is 0 Å². The Hall–Kier alpha value is -0.560. The highest BCUT2D eigenvalue weighted by Gasteiger charge is 2.23. The molecule has 0 N–H and O–H groups in total. The molecular weight excluding hydrogens is 516 g/mol. The summed E-state index contributed by atoms with van der Waals surface area (Å²) in [6, 6.07) is 0.166. The van der Waals surface area contributed by atoms with E-state index in [1.54, 1.807) is 4.80 Å². The molecule has 2 rings (SSSR count). The third kappa shape index (κ3) is 7.25. The Kier molecular flexibility index (Phi) is 11.8. The summed E-state index contributed by atoms with van der Waals surface area (Å²) in [6.45, 7) is 4.46. The first-order chi connectivity index (χ1) is 14.5. The van der Waals surface area contributed by atoms with Crippen LogP contribution >= 0.6 is 31.9 Å². The van der Waals surface area contributed by atoms with E-state index < -0.39 is 11.6 Å². The topological polar surface area (TPSA) is 30.7 Å². The minimum absolute atomic E-state index is 0.0438. The predicted octanol–water partition coefficient (Wildman–Crippen LogP) is 9.28. The molecule has 3 nitrogen and oxygen atoms in total. The van der Waals surface area contributed by atoms with Crippen LogP contribution < -0.4 is 0 Å². The minimum Gasteiger partial charge on any atom is -0.202 e. The number of hydrogen-bond donors (Lipinski definition) is 0. The highest BCUT2D eigenvalue weighted by atomic mass is 79.9. The van der Waals surface area contributed by atoms with E-state index >= 15 is 0 Å². The second kappa shape index (κ2) is 13.8. The molecule has 0 aliphatic carbocycles. The first kappa shape index (κ1) is 25.7. The van der Waals surface area contributed by atoms with Crippen molar-refractivity contribution in [3.8, 4) is 0 Å². The van der Waals surface area contributed by atoms with Crippen LogP contribution in [-0.4, -0.2) is 15.0 Å². The summed E-state index contributed by atoms with van der Waals surface area (Å²) in [5.41, 5.74) is 0.744. The first-order valence-electron chi connectivity index (χ1n) is 11.6. The fourth-order valence-corrected chi connectivity index (χ4v) is 4.76. The number of unbranched alkanes of at least 4 members (excludes halogenated alkanes) is 10. The monoisotopic (exact) mass is 549 g/mol. The van der Waals surface area contributed by atoms with Crippen molar-refractivity contribution in [2.24, 2.45) is 0 Å². The van der Waals surface area contributed by atoms with Gasteiger partial charge in [-0.1, -0.05) is 90.9 Å². The molecule has 0 fully saturated rings. The number of rotatable bonds is 15. The lowest BCUT2D eigenvalue weighted by Crippen LogP contribution is -2.13. The van der Waals surface area contributed by atoms with Gasteiger partial charge in [-0.25, -0.2) is 8.78 Å². The average molecular weight is 551 g/mol. The van der Waals surface area contributed by atoms with E-state index in [4.69, 9.17) is 0 Å². The molecule has 0 spiro atoms. The van der Waals surface area contributed by atoms with Gasteiger partial charge in [0.2, 0.25) is 0 Å². The Labute approximate surface area is 196 Å². The van der Waals surface area contributed by atoms with Crippen LogP contribution in [0.2, 0.25) is 0 Å². The molecule has 0 aliphatic rings. The van der Waals surface area contributed by atoms with Crippen LogP contribution in [0.3, 0.4) is 0 Å². The molecule has 0 radical (unpaired) electrons. The number of halogens is 4. The second-order valence-electron chi connectivity index (χ2n) is 8.24. The fraction of sp³-hybridized carbons (Fsp3) is 0.739. The van der Waals surface area contributed by atoms with Crippen molar-refractivity contribution in [3.63, 3.8) is 0 Å². The van der Waals surface area contributed by atoms with E-state index in [0.29, 0.717) is 11.0 Å². The molecule has 0 aliphatic heterocycles. The number of fused-ring (bicyclic) bond motifs is 1. The molecule has 0 saturated heterocycles. The molecule has 7 heteroatoms. The summed E-state index contributed by atoms with van der Waals surface area (Å²) in [4.78, 5) is 1.71. The number of hydrogen-bond acceptors (Lipinski definition) is 2. The molecule has 0 amide bonds. The van der Waals surface area contributed by atoms with Gasteiger partial charge in [-0.2, -0.15) is 15.0 Å². The fourth-order valence-electron chi connectivity index (χ4n) is 3.88. The Bertz CT molecular complexity index is 719. The maximum atomic E-state index is 14.1. The van der Waals surface area contributed by atoms with Gasteiger partial charge in [0.05, 0.1) is 15.0 Å². The van der Waals surface area contributed by atoms with E-state index in [2.05, 4.69) is 55.9 Å². The van der Waals surface area contributed by atoms with Crippen LogP contribution in [0.1, 0.15) is 110 Å². The smallest absolute Gasteiger partial charge is 0.176 e. The zero-order chi connectivity index (χ0) is 21.9. The first-order valence-corrected chi connectivity index (χ1v) is 13.2. The van der Waals surface area contributed by atoms with Gasteiger partial charge in [-0.15, -0.1) is 0 Å². The molecule has 0 unspecified atom stereocenters. The molecule has 170 valence electrons. The van der Waals surface area contributed by atoms with Gasteiger partial charge in [0.1, 0.15) is 11.0 Å². The molecule has 30 heavy (non-hydrogen) atoms. The lowest BCUT2D eigenvalue weighted by molar-refractivity contribution is 0.337. The van der Waals surface area contributed by atoms with Crippen LogP contribution in [0.4, 0.5) is 8.78 Å². The molecule has 0 saturated carbocycles. The molecule has 1 heterocycles. The standard InChI is InChI=1S/C23H35Br2F2N3/c1-3-5-7-9-11-13-15-17(16-14-12-10-8-6-4-2)30-28-22-18(24)20(26)21(27)19(25)23(22)29-30/h17H,3-16H2,1-2H3. The van der Waals surface area contributed by atoms with E-state index in [1.165, 1.54) is 64.2 Å². The lowest BCUT2D eigenvalue weighted by Gasteiger charge is -2.16. The van der Waals surface area contributed by atoms with E-state index in [-0.39, 0.29) is 15.0 Å². The quantitative estimate of drug-likeness (QED) is 0.126. The van der Waals surface area contributed by atoms with Crippen molar-refractivity contribution < 1.29 is 8.78 Å². The lowest BCUT2D eigenvalue weighted by atomic mass is 10.0. The third-order valence-electron chi connectivity index (χ3n) is 5.73. The summed E-state index contributed by atoms with van der Waals surface area (Å²) in [5.74, 6) is -1.85. The van der Waals surface area contributed by atoms with Crippen molar-refractivity contribution in [1.29, 1.82) is 0 Å². The zero-order valence-corrected chi connectivity index (χ0v) is 21.5. The Morgan fingerprint density at radius 2 is 1.03 bits per heavy atom.